The molecule has 2 atom stereocenters. The fraction of sp³-hybridized carbons (Fsp3) is 0.412. The van der Waals surface area contributed by atoms with Crippen molar-refractivity contribution in [3.63, 3.8) is 0 Å². The molecule has 6 heteroatoms. The molecule has 0 saturated heterocycles. The SMILES string of the molecule is CCC(C)C(O)CNC(=O)c1cc(-c2ccccc2OC)n[nH]1. The number of benzene rings is 1. The van der Waals surface area contributed by atoms with Crippen LogP contribution in [0.1, 0.15) is 30.8 Å². The molecule has 2 aromatic rings. The normalized spacial score (nSPS) is 13.4. The third-order valence-corrected chi connectivity index (χ3v) is 3.98. The first-order chi connectivity index (χ1) is 11.1. The molecule has 2 unspecified atom stereocenters. The zero-order valence-electron chi connectivity index (χ0n) is 13.7. The molecule has 1 amide bonds. The molecule has 0 aliphatic heterocycles. The Hall–Kier alpha value is -2.34. The van der Waals surface area contributed by atoms with E-state index in [4.69, 9.17) is 4.74 Å². The minimum Gasteiger partial charge on any atom is -0.496 e. The number of carbonyl (C=O) groups is 1. The van der Waals surface area contributed by atoms with Crippen molar-refractivity contribution >= 4 is 5.91 Å². The zero-order valence-corrected chi connectivity index (χ0v) is 13.7. The van der Waals surface area contributed by atoms with Crippen LogP contribution in [0.5, 0.6) is 5.75 Å². The Bertz CT molecular complexity index is 654. The summed E-state index contributed by atoms with van der Waals surface area (Å²) in [5.41, 5.74) is 1.79. The van der Waals surface area contributed by atoms with E-state index in [0.717, 1.165) is 12.0 Å². The van der Waals surface area contributed by atoms with Gasteiger partial charge in [0, 0.05) is 12.1 Å². The second-order valence-electron chi connectivity index (χ2n) is 5.53. The fourth-order valence-corrected chi connectivity index (χ4v) is 2.20. The van der Waals surface area contributed by atoms with Crippen LogP contribution in [0.25, 0.3) is 11.3 Å². The van der Waals surface area contributed by atoms with Crippen LogP contribution in [0.15, 0.2) is 30.3 Å². The number of amides is 1. The first-order valence-electron chi connectivity index (χ1n) is 7.71. The van der Waals surface area contributed by atoms with Gasteiger partial charge in [-0.3, -0.25) is 9.89 Å². The quantitative estimate of drug-likeness (QED) is 0.731. The average molecular weight is 317 g/mol. The molecule has 2 rings (SSSR count). The Balaban J connectivity index is 2.05. The predicted molar refractivity (Wildman–Crippen MR) is 88.4 cm³/mol. The minimum atomic E-state index is -0.555. The van der Waals surface area contributed by atoms with Gasteiger partial charge in [-0.05, 0) is 24.1 Å². The maximum atomic E-state index is 12.1. The van der Waals surface area contributed by atoms with Gasteiger partial charge in [0.1, 0.15) is 11.4 Å². The van der Waals surface area contributed by atoms with Crippen LogP contribution in [0.4, 0.5) is 0 Å². The standard InChI is InChI=1S/C17H23N3O3/c1-4-11(2)15(21)10-18-17(22)14-9-13(19-20-14)12-7-5-6-8-16(12)23-3/h5-9,11,15,21H,4,10H2,1-3H3,(H,18,22)(H,19,20). The topological polar surface area (TPSA) is 87.2 Å². The van der Waals surface area contributed by atoms with Crippen molar-refractivity contribution in [2.75, 3.05) is 13.7 Å². The molecule has 1 aromatic carbocycles. The van der Waals surface area contributed by atoms with Crippen molar-refractivity contribution in [3.05, 3.63) is 36.0 Å². The zero-order chi connectivity index (χ0) is 16.8. The van der Waals surface area contributed by atoms with E-state index in [1.54, 1.807) is 13.2 Å². The van der Waals surface area contributed by atoms with Crippen molar-refractivity contribution in [2.45, 2.75) is 26.4 Å². The highest BCUT2D eigenvalue weighted by molar-refractivity contribution is 5.93. The summed E-state index contributed by atoms with van der Waals surface area (Å²) in [4.78, 5) is 12.1. The maximum Gasteiger partial charge on any atom is 0.269 e. The van der Waals surface area contributed by atoms with E-state index in [1.165, 1.54) is 0 Å². The van der Waals surface area contributed by atoms with Crippen molar-refractivity contribution < 1.29 is 14.6 Å². The van der Waals surface area contributed by atoms with Crippen LogP contribution in [0.3, 0.4) is 0 Å². The van der Waals surface area contributed by atoms with Gasteiger partial charge in [0.15, 0.2) is 0 Å². The van der Waals surface area contributed by atoms with Crippen molar-refractivity contribution in [1.29, 1.82) is 0 Å². The molecule has 0 saturated carbocycles. The minimum absolute atomic E-state index is 0.140. The van der Waals surface area contributed by atoms with Crippen LogP contribution in [-0.4, -0.2) is 41.0 Å². The Morgan fingerprint density at radius 3 is 2.87 bits per heavy atom. The number of carbonyl (C=O) groups excluding carboxylic acids is 1. The summed E-state index contributed by atoms with van der Waals surface area (Å²) >= 11 is 0. The number of aromatic nitrogens is 2. The highest BCUT2D eigenvalue weighted by atomic mass is 16.5. The number of rotatable bonds is 7. The number of aliphatic hydroxyl groups is 1. The van der Waals surface area contributed by atoms with Gasteiger partial charge < -0.3 is 15.2 Å². The van der Waals surface area contributed by atoms with Crippen LogP contribution in [-0.2, 0) is 0 Å². The Morgan fingerprint density at radius 1 is 1.43 bits per heavy atom. The van der Waals surface area contributed by atoms with E-state index >= 15 is 0 Å². The van der Waals surface area contributed by atoms with Crippen LogP contribution in [0, 0.1) is 5.92 Å². The Kier molecular flexibility index (Phi) is 5.76. The summed E-state index contributed by atoms with van der Waals surface area (Å²) in [6.45, 7) is 4.17. The van der Waals surface area contributed by atoms with Crippen molar-refractivity contribution in [1.82, 2.24) is 15.5 Å². The Morgan fingerprint density at radius 2 is 2.17 bits per heavy atom. The second-order valence-corrected chi connectivity index (χ2v) is 5.53. The summed E-state index contributed by atoms with van der Waals surface area (Å²) in [6, 6.07) is 9.14. The number of aliphatic hydroxyl groups excluding tert-OH is 1. The van der Waals surface area contributed by atoms with E-state index in [9.17, 15) is 9.90 Å². The fourth-order valence-electron chi connectivity index (χ4n) is 2.20. The number of aromatic amines is 1. The van der Waals surface area contributed by atoms with Crippen LogP contribution >= 0.6 is 0 Å². The molecule has 0 spiro atoms. The van der Waals surface area contributed by atoms with E-state index in [-0.39, 0.29) is 18.4 Å². The van der Waals surface area contributed by atoms with Gasteiger partial charge >= 0.3 is 0 Å². The van der Waals surface area contributed by atoms with Gasteiger partial charge in [-0.1, -0.05) is 32.4 Å². The van der Waals surface area contributed by atoms with Gasteiger partial charge in [0.05, 0.1) is 18.9 Å². The van der Waals surface area contributed by atoms with Gasteiger partial charge in [-0.15, -0.1) is 0 Å². The predicted octanol–water partition coefficient (Wildman–Crippen LogP) is 2.22. The van der Waals surface area contributed by atoms with Gasteiger partial charge in [-0.2, -0.15) is 5.10 Å². The molecule has 0 bridgehead atoms. The number of nitrogens with zero attached hydrogens (tertiary/aromatic N) is 1. The van der Waals surface area contributed by atoms with E-state index < -0.39 is 6.10 Å². The summed E-state index contributed by atoms with van der Waals surface area (Å²) in [5, 5.41) is 19.5. The van der Waals surface area contributed by atoms with Gasteiger partial charge in [0.2, 0.25) is 0 Å². The van der Waals surface area contributed by atoms with Crippen LogP contribution in [0.2, 0.25) is 0 Å². The number of ether oxygens (including phenoxy) is 1. The molecule has 1 aromatic heterocycles. The summed E-state index contributed by atoms with van der Waals surface area (Å²) < 4.78 is 5.30. The third kappa shape index (κ3) is 4.10. The number of hydrogen-bond acceptors (Lipinski definition) is 4. The van der Waals surface area contributed by atoms with E-state index in [1.807, 2.05) is 38.1 Å². The maximum absolute atomic E-state index is 12.1. The monoisotopic (exact) mass is 317 g/mol. The number of nitrogens with one attached hydrogen (secondary N) is 2. The molecule has 23 heavy (non-hydrogen) atoms. The number of methoxy groups -OCH3 is 1. The first kappa shape index (κ1) is 17.0. The van der Waals surface area contributed by atoms with Gasteiger partial charge in [-0.25, -0.2) is 0 Å². The summed E-state index contributed by atoms with van der Waals surface area (Å²) in [6.07, 6.45) is 0.305. The molecular weight excluding hydrogens is 294 g/mol. The molecule has 124 valence electrons. The highest BCUT2D eigenvalue weighted by Gasteiger charge is 2.16. The van der Waals surface area contributed by atoms with Crippen LogP contribution < -0.4 is 10.1 Å². The molecule has 6 nitrogen and oxygen atoms in total. The molecular formula is C17H23N3O3. The van der Waals surface area contributed by atoms with Crippen molar-refractivity contribution in [3.8, 4) is 17.0 Å². The second kappa shape index (κ2) is 7.78. The lowest BCUT2D eigenvalue weighted by molar-refractivity contribution is 0.0846. The molecule has 0 radical (unpaired) electrons. The number of para-hydroxylation sites is 1. The van der Waals surface area contributed by atoms with E-state index in [2.05, 4.69) is 15.5 Å². The van der Waals surface area contributed by atoms with Crippen molar-refractivity contribution in [2.24, 2.45) is 5.92 Å². The lowest BCUT2D eigenvalue weighted by atomic mass is 10.0. The van der Waals surface area contributed by atoms with E-state index in [0.29, 0.717) is 17.1 Å². The molecule has 0 fully saturated rings. The Labute approximate surface area is 135 Å². The molecule has 3 N–H and O–H groups in total. The highest BCUT2D eigenvalue weighted by Crippen LogP contribution is 2.28. The molecule has 0 aliphatic rings. The number of H-pyrrole nitrogens is 1. The molecule has 0 aliphatic carbocycles. The summed E-state index contributed by atoms with van der Waals surface area (Å²) in [7, 11) is 1.59. The van der Waals surface area contributed by atoms with Gasteiger partial charge in [0.25, 0.3) is 5.91 Å². The average Bonchev–Trinajstić information content (AvgIpc) is 3.08. The third-order valence-electron chi connectivity index (χ3n) is 3.98. The summed E-state index contributed by atoms with van der Waals surface area (Å²) in [5.74, 6) is 0.542. The molecule has 1 heterocycles. The lowest BCUT2D eigenvalue weighted by Gasteiger charge is -2.17. The largest absolute Gasteiger partial charge is 0.496 e. The first-order valence-corrected chi connectivity index (χ1v) is 7.71. The number of hydrogen-bond donors (Lipinski definition) is 3. The smallest absolute Gasteiger partial charge is 0.269 e. The lowest BCUT2D eigenvalue weighted by Crippen LogP contribution is -2.35.